The highest BCUT2D eigenvalue weighted by molar-refractivity contribution is 7.80. The molecule has 0 aliphatic carbocycles. The minimum absolute atomic E-state index is 0.0844. The fraction of sp³-hybridized carbons (Fsp3) is 0.133. The van der Waals surface area contributed by atoms with Crippen LogP contribution in [0.1, 0.15) is 11.1 Å². The average Bonchev–Trinajstić information content (AvgIpc) is 2.40. The number of nitrogens with zero attached hydrogens (tertiary/aromatic N) is 1. The van der Waals surface area contributed by atoms with Crippen LogP contribution in [0.15, 0.2) is 36.4 Å². The Labute approximate surface area is 121 Å². The highest BCUT2D eigenvalue weighted by Gasteiger charge is 2.18. The summed E-state index contributed by atoms with van der Waals surface area (Å²) in [4.78, 5) is 1.42. The fourth-order valence-electron chi connectivity index (χ4n) is 1.96. The van der Waals surface area contributed by atoms with Crippen LogP contribution in [0.3, 0.4) is 0 Å². The molecule has 0 spiro atoms. The Hall–Kier alpha value is -2.01. The van der Waals surface area contributed by atoms with Gasteiger partial charge in [-0.1, -0.05) is 24.4 Å². The van der Waals surface area contributed by atoms with Gasteiger partial charge in [0.15, 0.2) is 11.6 Å². The van der Waals surface area contributed by atoms with Gasteiger partial charge in [-0.3, -0.25) is 0 Å². The number of halogens is 2. The van der Waals surface area contributed by atoms with Gasteiger partial charge in [0, 0.05) is 18.3 Å². The van der Waals surface area contributed by atoms with E-state index in [4.69, 9.17) is 5.73 Å². The number of aryl methyl sites for hydroxylation is 1. The van der Waals surface area contributed by atoms with E-state index in [1.54, 1.807) is 11.9 Å². The molecule has 0 radical (unpaired) electrons. The molecule has 0 fully saturated rings. The normalized spacial score (nSPS) is 10.4. The Balaban J connectivity index is 2.48. The van der Waals surface area contributed by atoms with Crippen molar-refractivity contribution in [1.82, 2.24) is 0 Å². The average molecular weight is 292 g/mol. The first-order chi connectivity index (χ1) is 9.41. The number of hydrogen-bond acceptors (Lipinski definition) is 2. The number of anilines is 2. The van der Waals surface area contributed by atoms with E-state index < -0.39 is 11.6 Å². The number of thiocarbonyl (C=S) groups is 1. The maximum absolute atomic E-state index is 14.1. The third-order valence-corrected chi connectivity index (χ3v) is 3.30. The molecule has 2 aromatic rings. The number of rotatable bonds is 3. The van der Waals surface area contributed by atoms with E-state index >= 15 is 0 Å². The number of nitrogens with two attached hydrogens (primary N) is 1. The highest BCUT2D eigenvalue weighted by atomic mass is 32.1. The van der Waals surface area contributed by atoms with E-state index in [1.807, 2.05) is 31.2 Å². The van der Waals surface area contributed by atoms with E-state index in [-0.39, 0.29) is 16.2 Å². The van der Waals surface area contributed by atoms with Crippen LogP contribution in [0.5, 0.6) is 0 Å². The monoisotopic (exact) mass is 292 g/mol. The van der Waals surface area contributed by atoms with Crippen molar-refractivity contribution in [3.8, 4) is 0 Å². The first-order valence-electron chi connectivity index (χ1n) is 6.00. The SMILES string of the molecule is Cc1cccc(N(C)c2ccc(C(N)=S)c(F)c2F)c1. The standard InChI is InChI=1S/C15H14F2N2S/c1-9-4-3-5-10(8-9)19(2)12-7-6-11(15(18)20)13(16)14(12)17/h3-8H,1-2H3,(H2,18,20). The van der Waals surface area contributed by atoms with Crippen molar-refractivity contribution in [2.75, 3.05) is 11.9 Å². The summed E-state index contributed by atoms with van der Waals surface area (Å²) in [6, 6.07) is 10.4. The lowest BCUT2D eigenvalue weighted by Crippen LogP contribution is -2.16. The van der Waals surface area contributed by atoms with Crippen LogP contribution in [0, 0.1) is 18.6 Å². The van der Waals surface area contributed by atoms with Gasteiger partial charge >= 0.3 is 0 Å². The molecular formula is C15H14F2N2S. The van der Waals surface area contributed by atoms with Gasteiger partial charge in [0.2, 0.25) is 0 Å². The molecule has 0 bridgehead atoms. The lowest BCUT2D eigenvalue weighted by Gasteiger charge is -2.21. The zero-order chi connectivity index (χ0) is 14.9. The van der Waals surface area contributed by atoms with E-state index in [1.165, 1.54) is 12.1 Å². The molecule has 20 heavy (non-hydrogen) atoms. The summed E-state index contributed by atoms with van der Waals surface area (Å²) in [7, 11) is 1.67. The molecule has 0 aliphatic heterocycles. The van der Waals surface area contributed by atoms with Crippen LogP contribution >= 0.6 is 12.2 Å². The van der Waals surface area contributed by atoms with Crippen molar-refractivity contribution in [3.63, 3.8) is 0 Å². The van der Waals surface area contributed by atoms with Gasteiger partial charge in [0.25, 0.3) is 0 Å². The molecule has 0 aromatic heterocycles. The molecule has 2 rings (SSSR count). The van der Waals surface area contributed by atoms with E-state index in [0.29, 0.717) is 0 Å². The Morgan fingerprint density at radius 2 is 1.85 bits per heavy atom. The topological polar surface area (TPSA) is 29.3 Å². The Kier molecular flexibility index (Phi) is 3.99. The van der Waals surface area contributed by atoms with Crippen molar-refractivity contribution < 1.29 is 8.78 Å². The summed E-state index contributed by atoms with van der Waals surface area (Å²) in [5.74, 6) is -1.98. The molecule has 0 amide bonds. The molecule has 2 aromatic carbocycles. The molecule has 0 saturated heterocycles. The van der Waals surface area contributed by atoms with E-state index in [0.717, 1.165) is 11.3 Å². The molecule has 104 valence electrons. The predicted octanol–water partition coefficient (Wildman–Crippen LogP) is 3.68. The van der Waals surface area contributed by atoms with Gasteiger partial charge in [-0.2, -0.15) is 0 Å². The molecule has 2 N–H and O–H groups in total. The van der Waals surface area contributed by atoms with Crippen LogP contribution in [0.2, 0.25) is 0 Å². The molecule has 0 atom stereocenters. The third-order valence-electron chi connectivity index (χ3n) is 3.08. The fourth-order valence-corrected chi connectivity index (χ4v) is 2.12. The van der Waals surface area contributed by atoms with Crippen LogP contribution in [0.25, 0.3) is 0 Å². The summed E-state index contributed by atoms with van der Waals surface area (Å²) in [6.07, 6.45) is 0. The van der Waals surface area contributed by atoms with Gasteiger partial charge in [-0.15, -0.1) is 0 Å². The van der Waals surface area contributed by atoms with Crippen LogP contribution in [-0.2, 0) is 0 Å². The molecule has 0 aliphatic rings. The predicted molar refractivity (Wildman–Crippen MR) is 81.5 cm³/mol. The zero-order valence-corrected chi connectivity index (χ0v) is 12.0. The van der Waals surface area contributed by atoms with Crippen LogP contribution in [0.4, 0.5) is 20.2 Å². The maximum Gasteiger partial charge on any atom is 0.183 e. The second-order valence-corrected chi connectivity index (χ2v) is 4.96. The molecule has 5 heteroatoms. The number of hydrogen-bond donors (Lipinski definition) is 1. The van der Waals surface area contributed by atoms with Crippen LogP contribution < -0.4 is 10.6 Å². The van der Waals surface area contributed by atoms with Gasteiger partial charge in [-0.05, 0) is 36.8 Å². The second kappa shape index (κ2) is 5.54. The van der Waals surface area contributed by atoms with Gasteiger partial charge in [0.1, 0.15) is 4.99 Å². The highest BCUT2D eigenvalue weighted by Crippen LogP contribution is 2.29. The summed E-state index contributed by atoms with van der Waals surface area (Å²) in [6.45, 7) is 1.93. The number of benzene rings is 2. The second-order valence-electron chi connectivity index (χ2n) is 4.52. The van der Waals surface area contributed by atoms with Gasteiger partial charge in [-0.25, -0.2) is 8.78 Å². The summed E-state index contributed by atoms with van der Waals surface area (Å²) in [5.41, 5.74) is 7.21. The van der Waals surface area contributed by atoms with E-state index in [9.17, 15) is 8.78 Å². The maximum atomic E-state index is 14.1. The lowest BCUT2D eigenvalue weighted by molar-refractivity contribution is 0.508. The first-order valence-corrected chi connectivity index (χ1v) is 6.41. The van der Waals surface area contributed by atoms with Gasteiger partial charge in [0.05, 0.1) is 5.69 Å². The third kappa shape index (κ3) is 2.63. The molecular weight excluding hydrogens is 278 g/mol. The smallest absolute Gasteiger partial charge is 0.183 e. The zero-order valence-electron chi connectivity index (χ0n) is 11.2. The minimum Gasteiger partial charge on any atom is -0.389 e. The lowest BCUT2D eigenvalue weighted by atomic mass is 10.1. The van der Waals surface area contributed by atoms with Crippen molar-refractivity contribution in [1.29, 1.82) is 0 Å². The summed E-state index contributed by atoms with van der Waals surface area (Å²) in [5, 5.41) is 0. The van der Waals surface area contributed by atoms with Crippen molar-refractivity contribution in [3.05, 3.63) is 59.2 Å². The first kappa shape index (κ1) is 14.4. The quantitative estimate of drug-likeness (QED) is 0.875. The van der Waals surface area contributed by atoms with Gasteiger partial charge < -0.3 is 10.6 Å². The Morgan fingerprint density at radius 3 is 2.45 bits per heavy atom. The van der Waals surface area contributed by atoms with Crippen molar-refractivity contribution in [2.45, 2.75) is 6.92 Å². The molecule has 0 unspecified atom stereocenters. The molecule has 0 heterocycles. The minimum atomic E-state index is -1.02. The molecule has 2 nitrogen and oxygen atoms in total. The summed E-state index contributed by atoms with van der Waals surface area (Å²) >= 11 is 4.69. The summed E-state index contributed by atoms with van der Waals surface area (Å²) < 4.78 is 28.0. The Bertz CT molecular complexity index is 671. The van der Waals surface area contributed by atoms with Crippen LogP contribution in [-0.4, -0.2) is 12.0 Å². The largest absolute Gasteiger partial charge is 0.389 e. The Morgan fingerprint density at radius 1 is 1.15 bits per heavy atom. The molecule has 0 saturated carbocycles. The van der Waals surface area contributed by atoms with Crippen molar-refractivity contribution >= 4 is 28.6 Å². The van der Waals surface area contributed by atoms with E-state index in [2.05, 4.69) is 12.2 Å². The van der Waals surface area contributed by atoms with Crippen molar-refractivity contribution in [2.24, 2.45) is 5.73 Å².